The lowest BCUT2D eigenvalue weighted by molar-refractivity contribution is 0.184. The second-order valence-corrected chi connectivity index (χ2v) is 9.79. The molecule has 28 heavy (non-hydrogen) atoms. The van der Waals surface area contributed by atoms with Gasteiger partial charge in [-0.3, -0.25) is 4.68 Å². The highest BCUT2D eigenvalue weighted by Crippen LogP contribution is 2.45. The zero-order chi connectivity index (χ0) is 19.6. The third kappa shape index (κ3) is 2.59. The van der Waals surface area contributed by atoms with Gasteiger partial charge in [0.1, 0.15) is 16.9 Å². The van der Waals surface area contributed by atoms with E-state index >= 15 is 0 Å². The van der Waals surface area contributed by atoms with Gasteiger partial charge in [0.25, 0.3) is 0 Å². The Bertz CT molecular complexity index is 1190. The van der Waals surface area contributed by atoms with Gasteiger partial charge < -0.3 is 0 Å². The Hall–Kier alpha value is -2.28. The molecule has 0 spiro atoms. The molecule has 4 aromatic heterocycles. The zero-order valence-electron chi connectivity index (χ0n) is 17.2. The van der Waals surface area contributed by atoms with E-state index in [1.54, 1.807) is 6.33 Å². The van der Waals surface area contributed by atoms with Crippen molar-refractivity contribution in [1.29, 1.82) is 0 Å². The Balaban J connectivity index is 1.64. The summed E-state index contributed by atoms with van der Waals surface area (Å²) in [6.45, 7) is 9.12. The second-order valence-electron chi connectivity index (χ2n) is 8.71. The molecule has 0 fully saturated rings. The van der Waals surface area contributed by atoms with E-state index in [0.29, 0.717) is 11.2 Å². The van der Waals surface area contributed by atoms with Crippen molar-refractivity contribution < 1.29 is 0 Å². The fourth-order valence-electron chi connectivity index (χ4n) is 4.46. The van der Waals surface area contributed by atoms with Gasteiger partial charge in [0.05, 0.1) is 11.1 Å². The van der Waals surface area contributed by atoms with E-state index in [1.807, 2.05) is 40.6 Å². The maximum atomic E-state index is 4.91. The minimum Gasteiger partial charge on any atom is -0.264 e. The minimum atomic E-state index is 0.385. The first-order valence-corrected chi connectivity index (χ1v) is 10.9. The highest BCUT2D eigenvalue weighted by Gasteiger charge is 2.33. The Kier molecular flexibility index (Phi) is 3.88. The first-order valence-electron chi connectivity index (χ1n) is 10.0. The number of hydrogen-bond donors (Lipinski definition) is 0. The summed E-state index contributed by atoms with van der Waals surface area (Å²) in [6.07, 6.45) is 6.52. The lowest BCUT2D eigenvalue weighted by Crippen LogP contribution is -2.28. The molecule has 4 heterocycles. The van der Waals surface area contributed by atoms with E-state index in [2.05, 4.69) is 25.9 Å². The molecule has 0 saturated carbocycles. The lowest BCUT2D eigenvalue weighted by Gasteiger charge is -2.36. The van der Waals surface area contributed by atoms with Crippen LogP contribution in [0, 0.1) is 18.3 Å². The van der Waals surface area contributed by atoms with Gasteiger partial charge in [0, 0.05) is 11.9 Å². The maximum absolute atomic E-state index is 4.91. The van der Waals surface area contributed by atoms with E-state index in [4.69, 9.17) is 15.1 Å². The van der Waals surface area contributed by atoms with E-state index in [0.717, 1.165) is 40.6 Å². The van der Waals surface area contributed by atoms with E-state index in [-0.39, 0.29) is 0 Å². The molecule has 146 valence electrons. The number of nitrogens with zero attached hydrogens (tertiary/aromatic N) is 6. The van der Waals surface area contributed by atoms with Gasteiger partial charge in [-0.05, 0) is 49.1 Å². The summed E-state index contributed by atoms with van der Waals surface area (Å²) in [4.78, 5) is 12.2. The van der Waals surface area contributed by atoms with Crippen LogP contribution in [0.1, 0.15) is 49.7 Å². The van der Waals surface area contributed by atoms with Crippen molar-refractivity contribution >= 4 is 27.2 Å². The van der Waals surface area contributed by atoms with E-state index < -0.39 is 0 Å². The van der Waals surface area contributed by atoms with Gasteiger partial charge in [-0.1, -0.05) is 27.2 Å². The highest BCUT2D eigenvalue weighted by molar-refractivity contribution is 7.19. The molecule has 1 atom stereocenters. The van der Waals surface area contributed by atoms with Crippen molar-refractivity contribution in [3.63, 3.8) is 0 Å². The van der Waals surface area contributed by atoms with Crippen LogP contribution < -0.4 is 0 Å². The predicted molar refractivity (Wildman–Crippen MR) is 113 cm³/mol. The van der Waals surface area contributed by atoms with Crippen LogP contribution >= 0.6 is 11.3 Å². The third-order valence-electron chi connectivity index (χ3n) is 6.63. The van der Waals surface area contributed by atoms with Gasteiger partial charge in [0.15, 0.2) is 11.5 Å². The first-order chi connectivity index (χ1) is 13.4. The third-order valence-corrected chi connectivity index (χ3v) is 7.80. The normalized spacial score (nSPS) is 17.5. The molecule has 7 heteroatoms. The minimum absolute atomic E-state index is 0.385. The number of aryl methyl sites for hydroxylation is 3. The molecule has 0 aliphatic heterocycles. The molecule has 0 aromatic carbocycles. The van der Waals surface area contributed by atoms with Crippen molar-refractivity contribution in [2.24, 2.45) is 18.4 Å². The zero-order valence-corrected chi connectivity index (χ0v) is 18.0. The number of aromatic nitrogens is 6. The Morgan fingerprint density at radius 1 is 1.29 bits per heavy atom. The van der Waals surface area contributed by atoms with Crippen LogP contribution in [-0.4, -0.2) is 29.4 Å². The van der Waals surface area contributed by atoms with Crippen LogP contribution in [0.25, 0.3) is 27.4 Å². The van der Waals surface area contributed by atoms with Crippen molar-refractivity contribution in [3.8, 4) is 11.5 Å². The Morgan fingerprint density at radius 2 is 2.11 bits per heavy atom. The predicted octanol–water partition coefficient (Wildman–Crippen LogP) is 4.59. The SMILES string of the molecule is CCC(C)(C)C1CCc2c(sc3ncn4nc(-c5cc(C)nn5C)nc4c23)C1. The summed E-state index contributed by atoms with van der Waals surface area (Å²) in [7, 11) is 1.93. The monoisotopic (exact) mass is 394 g/mol. The fraction of sp³-hybridized carbons (Fsp3) is 0.524. The van der Waals surface area contributed by atoms with Crippen LogP contribution in [0.4, 0.5) is 0 Å². The van der Waals surface area contributed by atoms with Gasteiger partial charge in [-0.15, -0.1) is 16.4 Å². The molecule has 6 nitrogen and oxygen atoms in total. The fourth-order valence-corrected chi connectivity index (χ4v) is 5.72. The number of thiophene rings is 1. The molecule has 5 rings (SSSR count). The van der Waals surface area contributed by atoms with Crippen LogP contribution in [-0.2, 0) is 19.9 Å². The number of fused-ring (bicyclic) bond motifs is 5. The van der Waals surface area contributed by atoms with Crippen molar-refractivity contribution in [2.45, 2.75) is 53.4 Å². The van der Waals surface area contributed by atoms with Gasteiger partial charge in [-0.2, -0.15) is 5.10 Å². The second kappa shape index (κ2) is 6.11. The molecule has 1 aliphatic carbocycles. The summed E-state index contributed by atoms with van der Waals surface area (Å²) in [5, 5.41) is 10.3. The molecule has 4 aromatic rings. The highest BCUT2D eigenvalue weighted by atomic mass is 32.1. The van der Waals surface area contributed by atoms with Crippen LogP contribution in [0.3, 0.4) is 0 Å². The van der Waals surface area contributed by atoms with Crippen molar-refractivity contribution in [3.05, 3.63) is 28.5 Å². The Labute approximate surface area is 168 Å². The summed E-state index contributed by atoms with van der Waals surface area (Å²) in [5.74, 6) is 1.44. The summed E-state index contributed by atoms with van der Waals surface area (Å²) >= 11 is 1.85. The number of rotatable bonds is 3. The van der Waals surface area contributed by atoms with Gasteiger partial charge in [-0.25, -0.2) is 14.5 Å². The van der Waals surface area contributed by atoms with E-state index in [9.17, 15) is 0 Å². The summed E-state index contributed by atoms with van der Waals surface area (Å²) in [6, 6.07) is 2.03. The first kappa shape index (κ1) is 17.8. The Morgan fingerprint density at radius 3 is 2.82 bits per heavy atom. The van der Waals surface area contributed by atoms with Crippen LogP contribution in [0.2, 0.25) is 0 Å². The van der Waals surface area contributed by atoms with Crippen molar-refractivity contribution in [2.75, 3.05) is 0 Å². The molecule has 0 N–H and O–H groups in total. The van der Waals surface area contributed by atoms with Gasteiger partial charge in [0.2, 0.25) is 0 Å². The molecule has 1 unspecified atom stereocenters. The topological polar surface area (TPSA) is 60.9 Å². The summed E-state index contributed by atoms with van der Waals surface area (Å²) < 4.78 is 3.67. The molecule has 0 radical (unpaired) electrons. The molecular weight excluding hydrogens is 368 g/mol. The maximum Gasteiger partial charge on any atom is 0.200 e. The van der Waals surface area contributed by atoms with Crippen molar-refractivity contribution in [1.82, 2.24) is 29.4 Å². The molecule has 0 amide bonds. The standard InChI is InChI=1S/C21H26N6S/c1-6-21(3,4)13-7-8-14-16(10-13)28-20-17(14)19-23-18(25-27(19)11-22-20)15-9-12(2)24-26(15)5/h9,11,13H,6-8,10H2,1-5H3. The molecular formula is C21H26N6S. The van der Waals surface area contributed by atoms with E-state index in [1.165, 1.54) is 28.7 Å². The molecule has 1 aliphatic rings. The molecule has 0 bridgehead atoms. The van der Waals surface area contributed by atoms with Gasteiger partial charge >= 0.3 is 0 Å². The largest absolute Gasteiger partial charge is 0.264 e. The van der Waals surface area contributed by atoms with Crippen LogP contribution in [0.15, 0.2) is 12.4 Å². The lowest BCUT2D eigenvalue weighted by atomic mass is 9.70. The smallest absolute Gasteiger partial charge is 0.200 e. The summed E-state index contributed by atoms with van der Waals surface area (Å²) in [5.41, 5.74) is 4.65. The van der Waals surface area contributed by atoms with Crippen LogP contribution in [0.5, 0.6) is 0 Å². The number of hydrogen-bond acceptors (Lipinski definition) is 5. The average molecular weight is 395 g/mol. The average Bonchev–Trinajstić information content (AvgIpc) is 3.34. The molecule has 0 saturated heterocycles. The quantitative estimate of drug-likeness (QED) is 0.510.